The number of phenolic OH excluding ortho intramolecular Hbond substituents is 1. The van der Waals surface area contributed by atoms with E-state index in [1.54, 1.807) is 6.07 Å². The molecule has 1 aromatic rings. The van der Waals surface area contributed by atoms with Crippen LogP contribution >= 0.6 is 15.9 Å². The molecule has 1 aromatic carbocycles. The molecule has 3 nitrogen and oxygen atoms in total. The first-order valence-electron chi connectivity index (χ1n) is 4.27. The number of aromatic hydroxyl groups is 1. The minimum atomic E-state index is 0.0768. The van der Waals surface area contributed by atoms with Gasteiger partial charge in [-0.05, 0) is 46.5 Å². The lowest BCUT2D eigenvalue weighted by molar-refractivity contribution is 0.298. The van der Waals surface area contributed by atoms with E-state index >= 15 is 0 Å². The molecule has 0 spiro atoms. The molecule has 0 atom stereocenters. The van der Waals surface area contributed by atoms with Crippen LogP contribution in [0.2, 0.25) is 0 Å². The van der Waals surface area contributed by atoms with Crippen molar-refractivity contribution in [3.05, 3.63) is 21.7 Å². The first-order chi connectivity index (χ1) is 6.61. The van der Waals surface area contributed by atoms with Crippen LogP contribution < -0.4 is 4.74 Å². The monoisotopic (exact) mass is 260 g/mol. The number of benzene rings is 1. The summed E-state index contributed by atoms with van der Waals surface area (Å²) in [4.78, 5) is 0. The van der Waals surface area contributed by atoms with Gasteiger partial charge in [0.05, 0.1) is 11.6 Å². The number of methoxy groups -OCH3 is 1. The predicted octanol–water partition coefficient (Wildman–Crippen LogP) is 2.01. The zero-order chi connectivity index (χ0) is 10.7. The maximum atomic E-state index is 9.55. The second-order valence-electron chi connectivity index (χ2n) is 3.01. The Bertz CT molecular complexity index is 337. The Morgan fingerprint density at radius 1 is 1.50 bits per heavy atom. The number of hydrogen-bond acceptors (Lipinski definition) is 3. The molecule has 2 N–H and O–H groups in total. The van der Waals surface area contributed by atoms with E-state index in [1.807, 2.05) is 6.92 Å². The smallest absolute Gasteiger partial charge is 0.174 e. The van der Waals surface area contributed by atoms with Crippen molar-refractivity contribution in [2.24, 2.45) is 0 Å². The van der Waals surface area contributed by atoms with Gasteiger partial charge in [-0.3, -0.25) is 0 Å². The van der Waals surface area contributed by atoms with E-state index in [4.69, 9.17) is 9.84 Å². The van der Waals surface area contributed by atoms with Crippen molar-refractivity contribution in [1.29, 1.82) is 0 Å². The summed E-state index contributed by atoms with van der Waals surface area (Å²) < 4.78 is 5.75. The summed E-state index contributed by atoms with van der Waals surface area (Å²) in [5, 5.41) is 18.4. The Morgan fingerprint density at radius 2 is 2.14 bits per heavy atom. The first-order valence-corrected chi connectivity index (χ1v) is 5.07. The Hall–Kier alpha value is -0.740. The van der Waals surface area contributed by atoms with Crippen LogP contribution in [0, 0.1) is 6.92 Å². The van der Waals surface area contributed by atoms with Crippen LogP contribution in [0.3, 0.4) is 0 Å². The zero-order valence-electron chi connectivity index (χ0n) is 8.17. The fourth-order valence-electron chi connectivity index (χ4n) is 1.39. The zero-order valence-corrected chi connectivity index (χ0v) is 9.76. The lowest BCUT2D eigenvalue weighted by atomic mass is 10.1. The molecule has 0 aliphatic carbocycles. The van der Waals surface area contributed by atoms with E-state index in [9.17, 15) is 5.11 Å². The summed E-state index contributed by atoms with van der Waals surface area (Å²) in [6.07, 6.45) is 0.545. The molecule has 14 heavy (non-hydrogen) atoms. The molecule has 0 saturated heterocycles. The Kier molecular flexibility index (Phi) is 3.77. The number of aliphatic hydroxyl groups excluding tert-OH is 1. The number of hydrogen-bond donors (Lipinski definition) is 2. The van der Waals surface area contributed by atoms with Gasteiger partial charge in [0.25, 0.3) is 0 Å². The third-order valence-corrected chi connectivity index (χ3v) is 2.93. The van der Waals surface area contributed by atoms with E-state index < -0.39 is 0 Å². The molecular formula is C10H13BrO3. The van der Waals surface area contributed by atoms with Crippen LogP contribution in [0.25, 0.3) is 0 Å². The Morgan fingerprint density at radius 3 is 2.64 bits per heavy atom. The van der Waals surface area contributed by atoms with Crippen molar-refractivity contribution in [3.8, 4) is 11.5 Å². The summed E-state index contributed by atoms with van der Waals surface area (Å²) in [7, 11) is 1.50. The number of aliphatic hydroxyl groups is 1. The molecule has 0 bridgehead atoms. The topological polar surface area (TPSA) is 49.7 Å². The molecule has 0 fully saturated rings. The maximum Gasteiger partial charge on any atom is 0.174 e. The number of phenols is 1. The predicted molar refractivity (Wildman–Crippen MR) is 57.9 cm³/mol. The molecule has 1 rings (SSSR count). The van der Waals surface area contributed by atoms with Crippen molar-refractivity contribution in [2.45, 2.75) is 13.3 Å². The van der Waals surface area contributed by atoms with Gasteiger partial charge in [0.1, 0.15) is 0 Å². The average Bonchev–Trinajstić information content (AvgIpc) is 2.12. The summed E-state index contributed by atoms with van der Waals surface area (Å²) in [6.45, 7) is 1.96. The van der Waals surface area contributed by atoms with Gasteiger partial charge in [-0.2, -0.15) is 0 Å². The minimum absolute atomic E-state index is 0.0768. The summed E-state index contributed by atoms with van der Waals surface area (Å²) in [6, 6.07) is 1.63. The summed E-state index contributed by atoms with van der Waals surface area (Å²) >= 11 is 3.35. The van der Waals surface area contributed by atoms with E-state index in [0.29, 0.717) is 16.6 Å². The van der Waals surface area contributed by atoms with Crippen LogP contribution in [0.15, 0.2) is 10.5 Å². The lowest BCUT2D eigenvalue weighted by Gasteiger charge is -2.12. The van der Waals surface area contributed by atoms with Crippen molar-refractivity contribution in [1.82, 2.24) is 0 Å². The molecule has 78 valence electrons. The normalized spacial score (nSPS) is 10.3. The highest BCUT2D eigenvalue weighted by molar-refractivity contribution is 9.10. The second kappa shape index (κ2) is 4.66. The average molecular weight is 261 g/mol. The van der Waals surface area contributed by atoms with Gasteiger partial charge in [0.2, 0.25) is 0 Å². The molecule has 0 amide bonds. The van der Waals surface area contributed by atoms with Gasteiger partial charge in [-0.25, -0.2) is 0 Å². The van der Waals surface area contributed by atoms with E-state index in [-0.39, 0.29) is 12.4 Å². The Labute approximate surface area is 91.5 Å². The minimum Gasteiger partial charge on any atom is -0.504 e. The first kappa shape index (κ1) is 11.3. The quantitative estimate of drug-likeness (QED) is 0.875. The molecule has 0 aliphatic heterocycles. The molecule has 0 unspecified atom stereocenters. The Balaban J connectivity index is 3.28. The van der Waals surface area contributed by atoms with Gasteiger partial charge in [-0.1, -0.05) is 0 Å². The van der Waals surface area contributed by atoms with E-state index in [0.717, 1.165) is 11.1 Å². The van der Waals surface area contributed by atoms with Crippen molar-refractivity contribution in [3.63, 3.8) is 0 Å². The number of halogens is 1. The lowest BCUT2D eigenvalue weighted by Crippen LogP contribution is -1.98. The van der Waals surface area contributed by atoms with E-state index in [2.05, 4.69) is 15.9 Å². The molecule has 0 aromatic heterocycles. The van der Waals surface area contributed by atoms with Crippen LogP contribution in [-0.4, -0.2) is 23.9 Å². The van der Waals surface area contributed by atoms with E-state index in [1.165, 1.54) is 7.11 Å². The van der Waals surface area contributed by atoms with Gasteiger partial charge in [0.15, 0.2) is 11.5 Å². The van der Waals surface area contributed by atoms with Crippen molar-refractivity contribution >= 4 is 15.9 Å². The number of rotatable bonds is 3. The highest BCUT2D eigenvalue weighted by Crippen LogP contribution is 2.38. The van der Waals surface area contributed by atoms with Crippen LogP contribution in [0.1, 0.15) is 11.1 Å². The van der Waals surface area contributed by atoms with Crippen molar-refractivity contribution < 1.29 is 14.9 Å². The van der Waals surface area contributed by atoms with Crippen LogP contribution in [0.4, 0.5) is 0 Å². The number of aryl methyl sites for hydroxylation is 1. The third-order valence-electron chi connectivity index (χ3n) is 2.09. The summed E-state index contributed by atoms with van der Waals surface area (Å²) in [5.41, 5.74) is 1.89. The molecule has 0 saturated carbocycles. The van der Waals surface area contributed by atoms with Gasteiger partial charge >= 0.3 is 0 Å². The fourth-order valence-corrected chi connectivity index (χ4v) is 2.27. The molecule has 0 radical (unpaired) electrons. The molecule has 0 heterocycles. The molecular weight excluding hydrogens is 248 g/mol. The second-order valence-corrected chi connectivity index (χ2v) is 3.80. The SMILES string of the molecule is COc1c(O)cc(C)c(CCO)c1Br. The highest BCUT2D eigenvalue weighted by Gasteiger charge is 2.13. The van der Waals surface area contributed by atoms with Gasteiger partial charge in [0, 0.05) is 6.61 Å². The summed E-state index contributed by atoms with van der Waals surface area (Å²) in [5.74, 6) is 0.526. The highest BCUT2D eigenvalue weighted by atomic mass is 79.9. The van der Waals surface area contributed by atoms with Crippen LogP contribution in [-0.2, 0) is 6.42 Å². The molecule has 4 heteroatoms. The maximum absolute atomic E-state index is 9.55. The third kappa shape index (κ3) is 2.01. The van der Waals surface area contributed by atoms with Gasteiger partial charge < -0.3 is 14.9 Å². The standard InChI is InChI=1S/C10H13BrO3/c1-6-5-8(13)10(14-2)9(11)7(6)3-4-12/h5,12-13H,3-4H2,1-2H3. The van der Waals surface area contributed by atoms with Crippen molar-refractivity contribution in [2.75, 3.05) is 13.7 Å². The number of ether oxygens (including phenoxy) is 1. The van der Waals surface area contributed by atoms with Gasteiger partial charge in [-0.15, -0.1) is 0 Å². The molecule has 0 aliphatic rings. The van der Waals surface area contributed by atoms with Crippen LogP contribution in [0.5, 0.6) is 11.5 Å². The fraction of sp³-hybridized carbons (Fsp3) is 0.400. The largest absolute Gasteiger partial charge is 0.504 e.